The van der Waals surface area contributed by atoms with Gasteiger partial charge in [-0.1, -0.05) is 30.7 Å². The van der Waals surface area contributed by atoms with Gasteiger partial charge in [-0.25, -0.2) is 0 Å². The Hall–Kier alpha value is -3.25. The molecule has 4 rings (SSSR count). The summed E-state index contributed by atoms with van der Waals surface area (Å²) < 4.78 is 5.21. The minimum atomic E-state index is -0.170. The van der Waals surface area contributed by atoms with Crippen molar-refractivity contribution in [1.82, 2.24) is 4.90 Å². The third-order valence-electron chi connectivity index (χ3n) is 5.47. The fourth-order valence-electron chi connectivity index (χ4n) is 3.64. The highest BCUT2D eigenvalue weighted by molar-refractivity contribution is 6.33. The molecule has 7 heteroatoms. The number of hydrogen-bond donors (Lipinski definition) is 1. The Bertz CT molecular complexity index is 1060. The van der Waals surface area contributed by atoms with Crippen molar-refractivity contribution in [1.29, 1.82) is 0 Å². The number of halogens is 1. The Morgan fingerprint density at radius 1 is 1.03 bits per heavy atom. The minimum Gasteiger partial charge on any atom is -0.459 e. The lowest BCUT2D eigenvalue weighted by atomic mass is 10.1. The van der Waals surface area contributed by atoms with E-state index in [9.17, 15) is 9.59 Å². The molecule has 0 unspecified atom stereocenters. The molecule has 0 radical (unpaired) electrons. The maximum Gasteiger partial charge on any atom is 0.289 e. The first-order valence-electron chi connectivity index (χ1n) is 10.3. The monoisotopic (exact) mass is 437 g/mol. The van der Waals surface area contributed by atoms with E-state index in [1.165, 1.54) is 11.8 Å². The predicted molar refractivity (Wildman–Crippen MR) is 122 cm³/mol. The van der Waals surface area contributed by atoms with E-state index in [1.54, 1.807) is 23.1 Å². The summed E-state index contributed by atoms with van der Waals surface area (Å²) in [7, 11) is 0. The van der Waals surface area contributed by atoms with E-state index in [2.05, 4.69) is 17.1 Å². The zero-order chi connectivity index (χ0) is 21.8. The van der Waals surface area contributed by atoms with Gasteiger partial charge in [0.2, 0.25) is 0 Å². The number of aryl methyl sites for hydroxylation is 1. The van der Waals surface area contributed by atoms with Crippen molar-refractivity contribution in [2.75, 3.05) is 36.4 Å². The van der Waals surface area contributed by atoms with Crippen molar-refractivity contribution >= 4 is 34.8 Å². The summed E-state index contributed by atoms with van der Waals surface area (Å²) in [6.45, 7) is 4.59. The molecule has 160 valence electrons. The molecule has 0 bridgehead atoms. The molecule has 1 fully saturated rings. The van der Waals surface area contributed by atoms with Gasteiger partial charge in [0, 0.05) is 37.4 Å². The zero-order valence-electron chi connectivity index (χ0n) is 17.3. The van der Waals surface area contributed by atoms with Gasteiger partial charge in [0.15, 0.2) is 5.76 Å². The quantitative estimate of drug-likeness (QED) is 0.627. The number of anilines is 2. The van der Waals surface area contributed by atoms with Gasteiger partial charge < -0.3 is 19.5 Å². The van der Waals surface area contributed by atoms with Crippen LogP contribution < -0.4 is 10.2 Å². The molecule has 1 aliphatic heterocycles. The second-order valence-corrected chi connectivity index (χ2v) is 7.83. The number of amides is 2. The van der Waals surface area contributed by atoms with E-state index < -0.39 is 0 Å². The molecule has 0 spiro atoms. The fourth-order valence-corrected chi connectivity index (χ4v) is 3.94. The van der Waals surface area contributed by atoms with Gasteiger partial charge in [0.1, 0.15) is 0 Å². The minimum absolute atomic E-state index is 0.0965. The van der Waals surface area contributed by atoms with Gasteiger partial charge in [0.05, 0.1) is 17.0 Å². The lowest BCUT2D eigenvalue weighted by molar-refractivity contribution is 0.0714. The van der Waals surface area contributed by atoms with Gasteiger partial charge in [0.25, 0.3) is 11.8 Å². The Morgan fingerprint density at radius 3 is 2.39 bits per heavy atom. The molecule has 2 heterocycles. The summed E-state index contributed by atoms with van der Waals surface area (Å²) in [5.74, 6) is 0.0909. The molecule has 0 saturated carbocycles. The molecular weight excluding hydrogens is 414 g/mol. The predicted octanol–water partition coefficient (Wildman–Crippen LogP) is 4.71. The van der Waals surface area contributed by atoms with Crippen LogP contribution in [0.1, 0.15) is 33.4 Å². The summed E-state index contributed by atoms with van der Waals surface area (Å²) in [6, 6.07) is 16.5. The number of hydrogen-bond acceptors (Lipinski definition) is 4. The number of furan rings is 1. The number of benzene rings is 2. The van der Waals surface area contributed by atoms with Gasteiger partial charge in [-0.3, -0.25) is 9.59 Å². The van der Waals surface area contributed by atoms with Crippen LogP contribution in [0.15, 0.2) is 65.3 Å². The lowest BCUT2D eigenvalue weighted by Gasteiger charge is -2.36. The van der Waals surface area contributed by atoms with E-state index in [4.69, 9.17) is 16.0 Å². The first kappa shape index (κ1) is 21.0. The number of rotatable bonds is 5. The highest BCUT2D eigenvalue weighted by Gasteiger charge is 2.24. The molecule has 1 saturated heterocycles. The van der Waals surface area contributed by atoms with Gasteiger partial charge in [-0.05, 0) is 54.4 Å². The molecule has 2 amide bonds. The summed E-state index contributed by atoms with van der Waals surface area (Å²) in [4.78, 5) is 28.8. The molecule has 0 atom stereocenters. The number of piperazine rings is 1. The lowest BCUT2D eigenvalue weighted by Crippen LogP contribution is -2.48. The van der Waals surface area contributed by atoms with Crippen molar-refractivity contribution in [3.05, 3.63) is 82.8 Å². The highest BCUT2D eigenvalue weighted by atomic mass is 35.5. The van der Waals surface area contributed by atoms with Crippen LogP contribution in [0.4, 0.5) is 11.4 Å². The number of carbonyl (C=O) groups excluding carboxylic acids is 2. The third-order valence-corrected chi connectivity index (χ3v) is 5.77. The van der Waals surface area contributed by atoms with Crippen LogP contribution in [0.5, 0.6) is 0 Å². The normalized spacial score (nSPS) is 13.9. The van der Waals surface area contributed by atoms with Crippen molar-refractivity contribution in [2.24, 2.45) is 0 Å². The second kappa shape index (κ2) is 9.27. The number of nitrogens with zero attached hydrogens (tertiary/aromatic N) is 2. The topological polar surface area (TPSA) is 65.8 Å². The van der Waals surface area contributed by atoms with Gasteiger partial charge in [-0.2, -0.15) is 0 Å². The van der Waals surface area contributed by atoms with Crippen LogP contribution in [0.2, 0.25) is 5.02 Å². The molecule has 31 heavy (non-hydrogen) atoms. The Labute approximate surface area is 186 Å². The van der Waals surface area contributed by atoms with Crippen molar-refractivity contribution in [3.63, 3.8) is 0 Å². The maximum absolute atomic E-state index is 12.5. The van der Waals surface area contributed by atoms with Crippen LogP contribution in [-0.4, -0.2) is 42.9 Å². The molecule has 1 N–H and O–H groups in total. The third kappa shape index (κ3) is 4.75. The molecular formula is C24H24ClN3O3. The van der Waals surface area contributed by atoms with Crippen molar-refractivity contribution in [3.8, 4) is 0 Å². The van der Waals surface area contributed by atoms with Crippen LogP contribution in [0.25, 0.3) is 0 Å². The number of carbonyl (C=O) groups is 2. The standard InChI is InChI=1S/C24H24ClN3O3/c1-2-17-5-7-18(8-6-17)23(29)26-19-9-10-21(20(25)16-19)27-11-13-28(14-12-27)24(30)22-4-3-15-31-22/h3-10,15-16H,2,11-14H2,1H3,(H,26,29). The molecule has 3 aromatic rings. The Kier molecular flexibility index (Phi) is 6.28. The average Bonchev–Trinajstić information content (AvgIpc) is 3.34. The van der Waals surface area contributed by atoms with Crippen molar-refractivity contribution in [2.45, 2.75) is 13.3 Å². The SMILES string of the molecule is CCc1ccc(C(=O)Nc2ccc(N3CCN(C(=O)c4ccco4)CC3)c(Cl)c2)cc1. The Balaban J connectivity index is 1.37. The first-order chi connectivity index (χ1) is 15.0. The van der Waals surface area contributed by atoms with Gasteiger partial charge in [-0.15, -0.1) is 0 Å². The fraction of sp³-hybridized carbons (Fsp3) is 0.250. The van der Waals surface area contributed by atoms with E-state index in [1.807, 2.05) is 36.4 Å². The van der Waals surface area contributed by atoms with E-state index in [-0.39, 0.29) is 11.8 Å². The molecule has 6 nitrogen and oxygen atoms in total. The first-order valence-corrected chi connectivity index (χ1v) is 10.7. The zero-order valence-corrected chi connectivity index (χ0v) is 18.1. The molecule has 2 aromatic carbocycles. The molecule has 1 aromatic heterocycles. The highest BCUT2D eigenvalue weighted by Crippen LogP contribution is 2.30. The molecule has 0 aliphatic carbocycles. The van der Waals surface area contributed by atoms with Crippen LogP contribution in [-0.2, 0) is 6.42 Å². The summed E-state index contributed by atoms with van der Waals surface area (Å²) in [5, 5.41) is 3.46. The van der Waals surface area contributed by atoms with Crippen LogP contribution in [0.3, 0.4) is 0 Å². The summed E-state index contributed by atoms with van der Waals surface area (Å²) >= 11 is 6.52. The van der Waals surface area contributed by atoms with Crippen molar-refractivity contribution < 1.29 is 14.0 Å². The molecule has 1 aliphatic rings. The Morgan fingerprint density at radius 2 is 1.77 bits per heavy atom. The van der Waals surface area contributed by atoms with E-state index in [0.29, 0.717) is 48.2 Å². The van der Waals surface area contributed by atoms with Crippen LogP contribution in [0, 0.1) is 0 Å². The average molecular weight is 438 g/mol. The van der Waals surface area contributed by atoms with Crippen LogP contribution >= 0.6 is 11.6 Å². The van der Waals surface area contributed by atoms with E-state index >= 15 is 0 Å². The second-order valence-electron chi connectivity index (χ2n) is 7.43. The largest absolute Gasteiger partial charge is 0.459 e. The van der Waals surface area contributed by atoms with E-state index in [0.717, 1.165) is 12.1 Å². The van der Waals surface area contributed by atoms with Gasteiger partial charge >= 0.3 is 0 Å². The maximum atomic E-state index is 12.5. The summed E-state index contributed by atoms with van der Waals surface area (Å²) in [6.07, 6.45) is 2.44. The summed E-state index contributed by atoms with van der Waals surface area (Å²) in [5.41, 5.74) is 3.33. The smallest absolute Gasteiger partial charge is 0.289 e. The number of nitrogens with one attached hydrogen (secondary N) is 1.